The second kappa shape index (κ2) is 6.32. The fourth-order valence-electron chi connectivity index (χ4n) is 2.31. The van der Waals surface area contributed by atoms with Crippen molar-refractivity contribution in [2.24, 2.45) is 4.99 Å². The molecule has 2 aliphatic rings. The minimum atomic E-state index is -0.265. The van der Waals surface area contributed by atoms with Gasteiger partial charge >= 0.3 is 0 Å². The lowest BCUT2D eigenvalue weighted by Crippen LogP contribution is -2.46. The zero-order valence-corrected chi connectivity index (χ0v) is 13.7. The summed E-state index contributed by atoms with van der Waals surface area (Å²) in [5.74, 6) is -0.170. The maximum absolute atomic E-state index is 12.1. The van der Waals surface area contributed by atoms with Gasteiger partial charge in [0, 0.05) is 36.8 Å². The number of rotatable bonds is 1. The number of aromatic hydroxyl groups is 1. The van der Waals surface area contributed by atoms with Gasteiger partial charge in [-0.05, 0) is 43.1 Å². The molecule has 2 heterocycles. The Bertz CT molecular complexity index is 667. The summed E-state index contributed by atoms with van der Waals surface area (Å²) in [6, 6.07) is 4.75. The predicted octanol–water partition coefficient (Wildman–Crippen LogP) is 2.26. The van der Waals surface area contributed by atoms with Crippen LogP contribution in [0, 0.1) is 0 Å². The molecule has 1 N–H and O–H groups in total. The van der Waals surface area contributed by atoms with Crippen LogP contribution in [0.2, 0.25) is 5.02 Å². The van der Waals surface area contributed by atoms with Crippen molar-refractivity contribution in [1.82, 2.24) is 9.80 Å². The van der Waals surface area contributed by atoms with E-state index >= 15 is 0 Å². The molecule has 1 amide bonds. The first-order valence-corrected chi connectivity index (χ1v) is 8.17. The van der Waals surface area contributed by atoms with Crippen LogP contribution in [0.5, 0.6) is 5.75 Å². The van der Waals surface area contributed by atoms with Gasteiger partial charge < -0.3 is 14.9 Å². The summed E-state index contributed by atoms with van der Waals surface area (Å²) >= 11 is 7.28. The summed E-state index contributed by atoms with van der Waals surface area (Å²) < 4.78 is 0. The first-order valence-electron chi connectivity index (χ1n) is 6.97. The number of hydrogen-bond donors (Lipinski definition) is 1. The van der Waals surface area contributed by atoms with Gasteiger partial charge in [0.15, 0.2) is 5.17 Å². The smallest absolute Gasteiger partial charge is 0.286 e. The molecule has 7 heteroatoms. The molecule has 0 aliphatic carbocycles. The summed E-state index contributed by atoms with van der Waals surface area (Å²) in [6.45, 7) is 3.65. The third-order valence-corrected chi connectivity index (χ3v) is 4.94. The molecule has 1 fully saturated rings. The minimum Gasteiger partial charge on any atom is -0.507 e. The summed E-state index contributed by atoms with van der Waals surface area (Å²) in [6.07, 6.45) is 1.64. The van der Waals surface area contributed by atoms with Crippen LogP contribution in [0.1, 0.15) is 5.56 Å². The maximum atomic E-state index is 12.1. The predicted molar refractivity (Wildman–Crippen MR) is 90.2 cm³/mol. The van der Waals surface area contributed by atoms with Crippen molar-refractivity contribution in [2.75, 3.05) is 33.2 Å². The number of carbonyl (C=O) groups is 1. The van der Waals surface area contributed by atoms with Crippen molar-refractivity contribution in [2.45, 2.75) is 0 Å². The average Bonchev–Trinajstić information content (AvgIpc) is 2.85. The van der Waals surface area contributed by atoms with Crippen molar-refractivity contribution in [1.29, 1.82) is 0 Å². The Labute approximate surface area is 138 Å². The van der Waals surface area contributed by atoms with E-state index in [9.17, 15) is 9.90 Å². The van der Waals surface area contributed by atoms with E-state index in [-0.39, 0.29) is 11.7 Å². The van der Waals surface area contributed by atoms with Crippen LogP contribution in [-0.4, -0.2) is 59.2 Å². The molecule has 0 aromatic heterocycles. The monoisotopic (exact) mass is 337 g/mol. The quantitative estimate of drug-likeness (QED) is 0.797. The summed E-state index contributed by atoms with van der Waals surface area (Å²) in [7, 11) is 2.08. The summed E-state index contributed by atoms with van der Waals surface area (Å²) in [5, 5.41) is 11.1. The summed E-state index contributed by atoms with van der Waals surface area (Å²) in [4.78, 5) is 21.1. The molecule has 1 saturated heterocycles. The number of amidine groups is 1. The third-order valence-electron chi connectivity index (χ3n) is 3.66. The zero-order chi connectivity index (χ0) is 15.7. The molecule has 0 spiro atoms. The van der Waals surface area contributed by atoms with Crippen LogP contribution in [-0.2, 0) is 4.79 Å². The highest BCUT2D eigenvalue weighted by Crippen LogP contribution is 2.33. The second-order valence-electron chi connectivity index (χ2n) is 5.30. The van der Waals surface area contributed by atoms with Crippen molar-refractivity contribution in [3.8, 4) is 5.75 Å². The van der Waals surface area contributed by atoms with Crippen LogP contribution in [0.3, 0.4) is 0 Å². The Morgan fingerprint density at radius 1 is 1.32 bits per heavy atom. The number of hydrogen-bond acceptors (Lipinski definition) is 5. The number of phenolic OH excluding ortho intramolecular Hbond substituents is 1. The van der Waals surface area contributed by atoms with E-state index in [0.29, 0.717) is 15.5 Å². The largest absolute Gasteiger partial charge is 0.507 e. The highest BCUT2D eigenvalue weighted by molar-refractivity contribution is 8.18. The van der Waals surface area contributed by atoms with Crippen molar-refractivity contribution in [3.05, 3.63) is 33.7 Å². The van der Waals surface area contributed by atoms with Gasteiger partial charge in [-0.1, -0.05) is 11.6 Å². The molecule has 0 radical (unpaired) electrons. The first-order chi connectivity index (χ1) is 10.5. The van der Waals surface area contributed by atoms with Crippen LogP contribution in [0.4, 0.5) is 0 Å². The molecule has 0 atom stereocenters. The third kappa shape index (κ3) is 3.29. The van der Waals surface area contributed by atoms with E-state index in [1.807, 2.05) is 0 Å². The number of phenols is 1. The normalized spacial score (nSPS) is 21.5. The second-order valence-corrected chi connectivity index (χ2v) is 6.75. The molecule has 0 saturated carbocycles. The molecule has 1 aromatic rings. The molecule has 1 aromatic carbocycles. The summed E-state index contributed by atoms with van der Waals surface area (Å²) in [5.41, 5.74) is 0.526. The van der Waals surface area contributed by atoms with Gasteiger partial charge in [0.1, 0.15) is 5.75 Å². The molecule has 0 bridgehead atoms. The van der Waals surface area contributed by atoms with Gasteiger partial charge in [0.05, 0.1) is 4.91 Å². The highest BCUT2D eigenvalue weighted by Gasteiger charge is 2.27. The number of likely N-dealkylation sites (N-methyl/N-ethyl adjacent to an activating group) is 1. The van der Waals surface area contributed by atoms with E-state index < -0.39 is 0 Å². The van der Waals surface area contributed by atoms with Gasteiger partial charge in [0.25, 0.3) is 5.91 Å². The minimum absolute atomic E-state index is 0.0957. The Balaban J connectivity index is 1.77. The fraction of sp³-hybridized carbons (Fsp3) is 0.333. The van der Waals surface area contributed by atoms with E-state index in [4.69, 9.17) is 11.6 Å². The molecular weight excluding hydrogens is 322 g/mol. The van der Waals surface area contributed by atoms with Gasteiger partial charge in [0.2, 0.25) is 0 Å². The molecule has 2 aliphatic heterocycles. The van der Waals surface area contributed by atoms with Crippen LogP contribution >= 0.6 is 23.4 Å². The Hall–Kier alpha value is -1.50. The number of halogens is 1. The number of amides is 1. The molecule has 0 unspecified atom stereocenters. The van der Waals surface area contributed by atoms with Gasteiger partial charge in [-0.3, -0.25) is 4.79 Å². The average molecular weight is 338 g/mol. The van der Waals surface area contributed by atoms with E-state index in [2.05, 4.69) is 21.8 Å². The topological polar surface area (TPSA) is 56.1 Å². The van der Waals surface area contributed by atoms with Crippen LogP contribution < -0.4 is 0 Å². The maximum Gasteiger partial charge on any atom is 0.286 e. The number of piperazine rings is 1. The molecular formula is C15H16ClN3O2S. The first kappa shape index (κ1) is 15.4. The highest BCUT2D eigenvalue weighted by atomic mass is 35.5. The SMILES string of the molecule is CN1CCN(C2=NC(=O)C(=Cc3cc(Cl)ccc3O)S2)CC1. The number of nitrogens with zero attached hydrogens (tertiary/aromatic N) is 3. The zero-order valence-electron chi connectivity index (χ0n) is 12.1. The lowest BCUT2D eigenvalue weighted by molar-refractivity contribution is -0.113. The lowest BCUT2D eigenvalue weighted by atomic mass is 10.2. The van der Waals surface area contributed by atoms with Crippen LogP contribution in [0.25, 0.3) is 6.08 Å². The Morgan fingerprint density at radius 3 is 2.77 bits per heavy atom. The number of carbonyl (C=O) groups excluding carboxylic acids is 1. The van der Waals surface area contributed by atoms with E-state index in [1.54, 1.807) is 18.2 Å². The molecule has 22 heavy (non-hydrogen) atoms. The van der Waals surface area contributed by atoms with Gasteiger partial charge in [-0.25, -0.2) is 0 Å². The molecule has 5 nitrogen and oxygen atoms in total. The lowest BCUT2D eigenvalue weighted by Gasteiger charge is -2.32. The van der Waals surface area contributed by atoms with Gasteiger partial charge in [-0.2, -0.15) is 4.99 Å². The van der Waals surface area contributed by atoms with E-state index in [0.717, 1.165) is 31.3 Å². The standard InChI is InChI=1S/C15H16ClN3O2S/c1-18-4-6-19(7-5-18)15-17-14(21)13(22-15)9-10-8-11(16)2-3-12(10)20/h2-3,8-9,20H,4-7H2,1H3. The van der Waals surface area contributed by atoms with Gasteiger partial charge in [-0.15, -0.1) is 0 Å². The number of thioether (sulfide) groups is 1. The number of benzene rings is 1. The van der Waals surface area contributed by atoms with E-state index in [1.165, 1.54) is 17.8 Å². The molecule has 3 rings (SSSR count). The Morgan fingerprint density at radius 2 is 2.05 bits per heavy atom. The van der Waals surface area contributed by atoms with Crippen molar-refractivity contribution < 1.29 is 9.90 Å². The molecule has 116 valence electrons. The fourth-order valence-corrected chi connectivity index (χ4v) is 3.45. The van der Waals surface area contributed by atoms with Crippen molar-refractivity contribution in [3.63, 3.8) is 0 Å². The van der Waals surface area contributed by atoms with Crippen LogP contribution in [0.15, 0.2) is 28.1 Å². The Kier molecular flexibility index (Phi) is 4.42. The van der Waals surface area contributed by atoms with Crippen molar-refractivity contribution >= 4 is 40.5 Å². The number of aliphatic imine (C=N–C) groups is 1.